The van der Waals surface area contributed by atoms with E-state index in [1.807, 2.05) is 0 Å². The lowest BCUT2D eigenvalue weighted by atomic mass is 10.1. The maximum Gasteiger partial charge on any atom is 0.406 e. The molecule has 0 amide bonds. The van der Waals surface area contributed by atoms with Gasteiger partial charge in [-0.3, -0.25) is 0 Å². The van der Waals surface area contributed by atoms with Crippen LogP contribution in [0.15, 0.2) is 35.4 Å². The van der Waals surface area contributed by atoms with Crippen molar-refractivity contribution in [1.82, 2.24) is 9.71 Å². The van der Waals surface area contributed by atoms with Crippen LogP contribution >= 0.6 is 0 Å². The number of nitrogens with zero attached hydrogens (tertiary/aromatic N) is 1. The van der Waals surface area contributed by atoms with Gasteiger partial charge in [-0.1, -0.05) is 23.8 Å². The Kier molecular flexibility index (Phi) is 6.16. The Balaban J connectivity index is 2.29. The molecule has 148 valence electrons. The zero-order chi connectivity index (χ0) is 20.4. The number of hydrogen-bond donors (Lipinski definition) is 2. The molecule has 0 aliphatic carbocycles. The quantitative estimate of drug-likeness (QED) is 0.775. The van der Waals surface area contributed by atoms with Gasteiger partial charge in [0.1, 0.15) is 11.9 Å². The summed E-state index contributed by atoms with van der Waals surface area (Å²) in [7, 11) is -4.37. The summed E-state index contributed by atoms with van der Waals surface area (Å²) in [5, 5.41) is 2.57. The van der Waals surface area contributed by atoms with E-state index in [0.29, 0.717) is 16.7 Å². The molecule has 5 nitrogen and oxygen atoms in total. The van der Waals surface area contributed by atoms with Gasteiger partial charge >= 0.3 is 6.18 Å². The summed E-state index contributed by atoms with van der Waals surface area (Å²) in [5.74, 6) is 0.272. The second-order valence-electron chi connectivity index (χ2n) is 6.49. The molecule has 0 radical (unpaired) electrons. The van der Waals surface area contributed by atoms with E-state index in [1.54, 1.807) is 56.7 Å². The lowest BCUT2D eigenvalue weighted by molar-refractivity contribution is -0.148. The molecule has 1 aromatic carbocycles. The van der Waals surface area contributed by atoms with Gasteiger partial charge in [0, 0.05) is 12.7 Å². The predicted molar refractivity (Wildman–Crippen MR) is 98.3 cm³/mol. The molecule has 0 spiro atoms. The highest BCUT2D eigenvalue weighted by Gasteiger charge is 2.42. The van der Waals surface area contributed by atoms with E-state index in [0.717, 1.165) is 5.56 Å². The second kappa shape index (κ2) is 7.85. The number of anilines is 1. The van der Waals surface area contributed by atoms with Crippen molar-refractivity contribution in [1.29, 1.82) is 0 Å². The highest BCUT2D eigenvalue weighted by atomic mass is 32.2. The molecule has 1 atom stereocenters. The summed E-state index contributed by atoms with van der Waals surface area (Å²) >= 11 is 0. The number of aryl methyl sites for hydroxylation is 4. The van der Waals surface area contributed by atoms with Crippen LogP contribution in [0.3, 0.4) is 0 Å². The van der Waals surface area contributed by atoms with Crippen molar-refractivity contribution in [2.75, 3.05) is 11.9 Å². The molecular formula is C18H22F3N3O2S. The Morgan fingerprint density at radius 1 is 1.07 bits per heavy atom. The number of pyridine rings is 1. The Morgan fingerprint density at radius 2 is 1.67 bits per heavy atom. The molecule has 0 aliphatic heterocycles. The van der Waals surface area contributed by atoms with Gasteiger partial charge in [-0.05, 0) is 50.5 Å². The first-order valence-corrected chi connectivity index (χ1v) is 9.72. The van der Waals surface area contributed by atoms with Gasteiger partial charge in [-0.25, -0.2) is 13.4 Å². The Morgan fingerprint density at radius 3 is 2.19 bits per heavy atom. The molecule has 1 unspecified atom stereocenters. The fourth-order valence-corrected chi connectivity index (χ4v) is 4.61. The van der Waals surface area contributed by atoms with Crippen molar-refractivity contribution < 1.29 is 21.6 Å². The third kappa shape index (κ3) is 5.20. The minimum atomic E-state index is -4.77. The topological polar surface area (TPSA) is 71.1 Å². The van der Waals surface area contributed by atoms with Crippen LogP contribution in [0.2, 0.25) is 0 Å². The molecule has 1 heterocycles. The van der Waals surface area contributed by atoms with Crippen molar-refractivity contribution >= 4 is 15.8 Å². The van der Waals surface area contributed by atoms with Gasteiger partial charge in [0.15, 0.2) is 0 Å². The Hall–Kier alpha value is -2.13. The summed E-state index contributed by atoms with van der Waals surface area (Å²) < 4.78 is 67.5. The Labute approximate surface area is 157 Å². The van der Waals surface area contributed by atoms with Gasteiger partial charge < -0.3 is 5.32 Å². The lowest BCUT2D eigenvalue weighted by Gasteiger charge is -2.23. The monoisotopic (exact) mass is 401 g/mol. The second-order valence-corrected chi connectivity index (χ2v) is 8.14. The SMILES string of the molecule is Cc1cc(C)c(S(=O)(=O)NC(CNc2ncccc2C)C(F)(F)F)c(C)c1. The maximum atomic E-state index is 13.4. The number of aromatic nitrogens is 1. The number of benzene rings is 1. The summed E-state index contributed by atoms with van der Waals surface area (Å²) in [5.41, 5.74) is 2.29. The maximum absolute atomic E-state index is 13.4. The molecule has 2 rings (SSSR count). The van der Waals surface area contributed by atoms with Crippen molar-refractivity contribution in [3.63, 3.8) is 0 Å². The fraction of sp³-hybridized carbons (Fsp3) is 0.389. The zero-order valence-corrected chi connectivity index (χ0v) is 16.3. The van der Waals surface area contributed by atoms with E-state index in [-0.39, 0.29) is 10.7 Å². The largest absolute Gasteiger partial charge is 0.406 e. The molecule has 27 heavy (non-hydrogen) atoms. The molecule has 9 heteroatoms. The first kappa shape index (κ1) is 21.2. The summed E-state index contributed by atoms with van der Waals surface area (Å²) in [6, 6.07) is 4.30. The first-order valence-electron chi connectivity index (χ1n) is 8.24. The minimum Gasteiger partial charge on any atom is -0.368 e. The van der Waals surface area contributed by atoms with Gasteiger partial charge in [0.05, 0.1) is 4.90 Å². The molecule has 2 N–H and O–H groups in total. The average Bonchev–Trinajstić information content (AvgIpc) is 2.50. The smallest absolute Gasteiger partial charge is 0.368 e. The van der Waals surface area contributed by atoms with Crippen molar-refractivity contribution in [2.24, 2.45) is 0 Å². The molecule has 0 aliphatic rings. The van der Waals surface area contributed by atoms with E-state index in [2.05, 4.69) is 10.3 Å². The van der Waals surface area contributed by atoms with Gasteiger partial charge in [0.2, 0.25) is 10.0 Å². The van der Waals surface area contributed by atoms with E-state index in [9.17, 15) is 21.6 Å². The summed E-state index contributed by atoms with van der Waals surface area (Å²) in [6.07, 6.45) is -3.32. The minimum absolute atomic E-state index is 0.128. The number of sulfonamides is 1. The van der Waals surface area contributed by atoms with Crippen LogP contribution < -0.4 is 10.0 Å². The number of rotatable bonds is 6. The fourth-order valence-electron chi connectivity index (χ4n) is 2.93. The highest BCUT2D eigenvalue weighted by Crippen LogP contribution is 2.26. The number of nitrogens with one attached hydrogen (secondary N) is 2. The van der Waals surface area contributed by atoms with Gasteiger partial charge in [-0.15, -0.1) is 0 Å². The third-order valence-electron chi connectivity index (χ3n) is 4.05. The Bertz CT molecular complexity index is 905. The van der Waals surface area contributed by atoms with Crippen molar-refractivity contribution in [2.45, 2.75) is 44.8 Å². The van der Waals surface area contributed by atoms with E-state index in [1.165, 1.54) is 6.20 Å². The molecule has 0 fully saturated rings. The van der Waals surface area contributed by atoms with Crippen LogP contribution in [0, 0.1) is 27.7 Å². The third-order valence-corrected chi connectivity index (χ3v) is 5.83. The van der Waals surface area contributed by atoms with E-state index >= 15 is 0 Å². The molecule has 0 bridgehead atoms. The molecule has 0 saturated heterocycles. The predicted octanol–water partition coefficient (Wildman–Crippen LogP) is 3.64. The van der Waals surface area contributed by atoms with Crippen LogP contribution in [0.25, 0.3) is 0 Å². The van der Waals surface area contributed by atoms with Crippen LogP contribution in [-0.2, 0) is 10.0 Å². The average molecular weight is 401 g/mol. The molecular weight excluding hydrogens is 379 g/mol. The van der Waals surface area contributed by atoms with Crippen molar-refractivity contribution in [3.05, 3.63) is 52.7 Å². The summed E-state index contributed by atoms with van der Waals surface area (Å²) in [6.45, 7) is 5.94. The van der Waals surface area contributed by atoms with Crippen LogP contribution in [0.5, 0.6) is 0 Å². The van der Waals surface area contributed by atoms with Crippen LogP contribution in [0.1, 0.15) is 22.3 Å². The molecule has 2 aromatic rings. The van der Waals surface area contributed by atoms with Crippen LogP contribution in [-0.4, -0.2) is 32.2 Å². The standard InChI is InChI=1S/C18H22F3N3O2S/c1-11-8-13(3)16(14(4)9-11)27(25,26)24-15(18(19,20)21)10-23-17-12(2)6-5-7-22-17/h5-9,15,24H,10H2,1-4H3,(H,22,23). The normalized spacial score (nSPS) is 13.4. The van der Waals surface area contributed by atoms with Gasteiger partial charge in [0.25, 0.3) is 0 Å². The zero-order valence-electron chi connectivity index (χ0n) is 15.5. The molecule has 1 aromatic heterocycles. The van der Waals surface area contributed by atoms with Crippen LogP contribution in [0.4, 0.5) is 19.0 Å². The van der Waals surface area contributed by atoms with Crippen molar-refractivity contribution in [3.8, 4) is 0 Å². The number of hydrogen-bond acceptors (Lipinski definition) is 4. The van der Waals surface area contributed by atoms with E-state index in [4.69, 9.17) is 0 Å². The number of alkyl halides is 3. The summed E-state index contributed by atoms with van der Waals surface area (Å²) in [4.78, 5) is 3.84. The van der Waals surface area contributed by atoms with E-state index < -0.39 is 28.8 Å². The van der Waals surface area contributed by atoms with Gasteiger partial charge in [-0.2, -0.15) is 17.9 Å². The number of halogens is 3. The first-order chi connectivity index (χ1) is 12.4. The molecule has 0 saturated carbocycles. The lowest BCUT2D eigenvalue weighted by Crippen LogP contribution is -2.49. The highest BCUT2D eigenvalue weighted by molar-refractivity contribution is 7.89.